The molecule has 3 rings (SSSR count). The van der Waals surface area contributed by atoms with Gasteiger partial charge in [0.2, 0.25) is 0 Å². The number of pyridine rings is 1. The zero-order valence-electron chi connectivity index (χ0n) is 9.04. The Labute approximate surface area is 98.6 Å². The number of aliphatic imine (C=N–C) groups is 2. The van der Waals surface area contributed by atoms with E-state index in [9.17, 15) is 0 Å². The lowest BCUT2D eigenvalue weighted by Crippen LogP contribution is -2.09. The molecule has 0 amide bonds. The molecule has 17 heavy (non-hydrogen) atoms. The fourth-order valence-corrected chi connectivity index (χ4v) is 1.76. The summed E-state index contributed by atoms with van der Waals surface area (Å²) in [5.74, 6) is 1.16. The van der Waals surface area contributed by atoms with E-state index in [2.05, 4.69) is 15.0 Å². The van der Waals surface area contributed by atoms with E-state index < -0.39 is 0 Å². The molecule has 0 saturated carbocycles. The molecular formula is C13H10N4. The van der Waals surface area contributed by atoms with Crippen LogP contribution in [-0.4, -0.2) is 16.7 Å². The molecule has 2 N–H and O–H groups in total. The van der Waals surface area contributed by atoms with Gasteiger partial charge in [0.25, 0.3) is 0 Å². The SMILES string of the molecule is NC1=NC(=Nc2cccnc2)c2ccccc21. The molecule has 0 unspecified atom stereocenters. The van der Waals surface area contributed by atoms with Crippen molar-refractivity contribution in [3.63, 3.8) is 0 Å². The number of amidine groups is 2. The van der Waals surface area contributed by atoms with Gasteiger partial charge in [-0.3, -0.25) is 4.98 Å². The first-order chi connectivity index (χ1) is 8.34. The summed E-state index contributed by atoms with van der Waals surface area (Å²) >= 11 is 0. The van der Waals surface area contributed by atoms with Crippen molar-refractivity contribution in [2.45, 2.75) is 0 Å². The molecule has 4 heteroatoms. The number of hydrogen-bond acceptors (Lipinski definition) is 3. The van der Waals surface area contributed by atoms with Crippen LogP contribution in [0.15, 0.2) is 58.8 Å². The highest BCUT2D eigenvalue weighted by atomic mass is 15.0. The smallest absolute Gasteiger partial charge is 0.162 e. The third-order valence-corrected chi connectivity index (χ3v) is 2.55. The van der Waals surface area contributed by atoms with Crippen LogP contribution in [0.3, 0.4) is 0 Å². The lowest BCUT2D eigenvalue weighted by atomic mass is 10.1. The summed E-state index contributed by atoms with van der Waals surface area (Å²) in [5, 5.41) is 0. The molecule has 2 aromatic rings. The van der Waals surface area contributed by atoms with Gasteiger partial charge in [-0.1, -0.05) is 24.3 Å². The minimum atomic E-state index is 0.517. The maximum atomic E-state index is 5.84. The molecule has 0 aliphatic carbocycles. The molecule has 1 aromatic carbocycles. The molecule has 0 radical (unpaired) electrons. The standard InChI is InChI=1S/C13H10N4/c14-12-10-5-1-2-6-11(10)13(17-12)16-9-4-3-7-15-8-9/h1-8H,(H2,14,16,17). The van der Waals surface area contributed by atoms with E-state index in [1.165, 1.54) is 0 Å². The Kier molecular flexibility index (Phi) is 2.19. The summed E-state index contributed by atoms with van der Waals surface area (Å²) < 4.78 is 0. The van der Waals surface area contributed by atoms with Crippen LogP contribution in [-0.2, 0) is 0 Å². The van der Waals surface area contributed by atoms with Gasteiger partial charge < -0.3 is 5.73 Å². The Morgan fingerprint density at radius 3 is 2.59 bits per heavy atom. The second-order valence-corrected chi connectivity index (χ2v) is 3.69. The summed E-state index contributed by atoms with van der Waals surface area (Å²) in [4.78, 5) is 12.7. The Hall–Kier alpha value is -2.49. The van der Waals surface area contributed by atoms with Crippen LogP contribution in [0.1, 0.15) is 11.1 Å². The van der Waals surface area contributed by atoms with E-state index in [1.54, 1.807) is 12.4 Å². The molecule has 4 nitrogen and oxygen atoms in total. The van der Waals surface area contributed by atoms with Crippen LogP contribution in [0.5, 0.6) is 0 Å². The van der Waals surface area contributed by atoms with Crippen LogP contribution >= 0.6 is 0 Å². The molecule has 82 valence electrons. The Bertz CT molecular complexity index is 614. The van der Waals surface area contributed by atoms with Gasteiger partial charge in [-0.2, -0.15) is 0 Å². The number of rotatable bonds is 1. The van der Waals surface area contributed by atoms with Crippen molar-refractivity contribution < 1.29 is 0 Å². The molecule has 1 aliphatic rings. The van der Waals surface area contributed by atoms with Gasteiger partial charge >= 0.3 is 0 Å². The first-order valence-corrected chi connectivity index (χ1v) is 5.27. The zero-order chi connectivity index (χ0) is 11.7. The maximum Gasteiger partial charge on any atom is 0.162 e. The lowest BCUT2D eigenvalue weighted by Gasteiger charge is -1.98. The van der Waals surface area contributed by atoms with Gasteiger partial charge in [-0.15, -0.1) is 0 Å². The highest BCUT2D eigenvalue weighted by Gasteiger charge is 2.18. The zero-order valence-corrected chi connectivity index (χ0v) is 9.04. The normalized spacial score (nSPS) is 15.8. The number of aromatic nitrogens is 1. The second-order valence-electron chi connectivity index (χ2n) is 3.69. The maximum absolute atomic E-state index is 5.84. The molecule has 2 heterocycles. The van der Waals surface area contributed by atoms with Gasteiger partial charge in [0.1, 0.15) is 5.84 Å². The molecule has 1 aromatic heterocycles. The van der Waals surface area contributed by atoms with Crippen LogP contribution in [0.2, 0.25) is 0 Å². The van der Waals surface area contributed by atoms with Crippen molar-refractivity contribution in [3.05, 3.63) is 59.9 Å². The molecule has 1 aliphatic heterocycles. The minimum absolute atomic E-state index is 0.517. The van der Waals surface area contributed by atoms with Gasteiger partial charge in [-0.05, 0) is 12.1 Å². The van der Waals surface area contributed by atoms with Crippen molar-refractivity contribution in [1.29, 1.82) is 0 Å². The molecule has 0 atom stereocenters. The van der Waals surface area contributed by atoms with E-state index in [1.807, 2.05) is 36.4 Å². The second kappa shape index (κ2) is 3.83. The molecule has 0 saturated heterocycles. The molecule has 0 fully saturated rings. The van der Waals surface area contributed by atoms with Crippen LogP contribution < -0.4 is 5.73 Å². The Morgan fingerprint density at radius 2 is 1.82 bits per heavy atom. The van der Waals surface area contributed by atoms with E-state index in [0.29, 0.717) is 11.7 Å². The quantitative estimate of drug-likeness (QED) is 0.800. The lowest BCUT2D eigenvalue weighted by molar-refractivity contribution is 1.30. The summed E-state index contributed by atoms with van der Waals surface area (Å²) in [6.45, 7) is 0. The van der Waals surface area contributed by atoms with Gasteiger partial charge in [-0.25, -0.2) is 9.98 Å². The molecule has 0 spiro atoms. The largest absolute Gasteiger partial charge is 0.383 e. The Balaban J connectivity index is 2.10. The van der Waals surface area contributed by atoms with Gasteiger partial charge in [0, 0.05) is 17.3 Å². The van der Waals surface area contributed by atoms with Crippen molar-refractivity contribution in [1.82, 2.24) is 4.98 Å². The highest BCUT2D eigenvalue weighted by Crippen LogP contribution is 2.20. The molecule has 0 bridgehead atoms. The first kappa shape index (κ1) is 9.72. The monoisotopic (exact) mass is 222 g/mol. The van der Waals surface area contributed by atoms with Crippen molar-refractivity contribution in [2.75, 3.05) is 0 Å². The van der Waals surface area contributed by atoms with Gasteiger partial charge in [0.05, 0.1) is 11.9 Å². The third-order valence-electron chi connectivity index (χ3n) is 2.55. The number of hydrogen-bond donors (Lipinski definition) is 1. The van der Waals surface area contributed by atoms with Crippen molar-refractivity contribution >= 4 is 17.4 Å². The van der Waals surface area contributed by atoms with Crippen LogP contribution in [0.4, 0.5) is 5.69 Å². The fourth-order valence-electron chi connectivity index (χ4n) is 1.76. The average Bonchev–Trinajstić information content (AvgIpc) is 2.69. The van der Waals surface area contributed by atoms with E-state index >= 15 is 0 Å². The number of nitrogens with two attached hydrogens (primary N) is 1. The van der Waals surface area contributed by atoms with E-state index in [-0.39, 0.29) is 0 Å². The summed E-state index contributed by atoms with van der Waals surface area (Å²) in [6, 6.07) is 11.5. The third kappa shape index (κ3) is 1.69. The number of benzene rings is 1. The minimum Gasteiger partial charge on any atom is -0.383 e. The fraction of sp³-hybridized carbons (Fsp3) is 0. The van der Waals surface area contributed by atoms with Crippen molar-refractivity contribution in [3.8, 4) is 0 Å². The Morgan fingerprint density at radius 1 is 1.00 bits per heavy atom. The van der Waals surface area contributed by atoms with Crippen molar-refractivity contribution in [2.24, 2.45) is 15.7 Å². The number of fused-ring (bicyclic) bond motifs is 1. The van der Waals surface area contributed by atoms with E-state index in [4.69, 9.17) is 5.73 Å². The average molecular weight is 222 g/mol. The topological polar surface area (TPSA) is 63.6 Å². The van der Waals surface area contributed by atoms with Crippen LogP contribution in [0.25, 0.3) is 0 Å². The highest BCUT2D eigenvalue weighted by molar-refractivity contribution is 6.22. The molecular weight excluding hydrogens is 212 g/mol. The summed E-state index contributed by atoms with van der Waals surface area (Å²) in [6.07, 6.45) is 3.41. The predicted molar refractivity (Wildman–Crippen MR) is 67.6 cm³/mol. The van der Waals surface area contributed by atoms with Crippen LogP contribution in [0, 0.1) is 0 Å². The number of nitrogens with zero attached hydrogens (tertiary/aromatic N) is 3. The summed E-state index contributed by atoms with van der Waals surface area (Å²) in [7, 11) is 0. The summed E-state index contributed by atoms with van der Waals surface area (Å²) in [5.41, 5.74) is 8.52. The first-order valence-electron chi connectivity index (χ1n) is 5.27. The van der Waals surface area contributed by atoms with Gasteiger partial charge in [0.15, 0.2) is 5.84 Å². The predicted octanol–water partition coefficient (Wildman–Crippen LogP) is 1.88. The van der Waals surface area contributed by atoms with E-state index in [0.717, 1.165) is 16.8 Å².